The van der Waals surface area contributed by atoms with E-state index in [0.717, 1.165) is 5.56 Å². The van der Waals surface area contributed by atoms with E-state index in [2.05, 4.69) is 0 Å². The molecule has 1 fully saturated rings. The topological polar surface area (TPSA) is 77.8 Å². The Kier molecular flexibility index (Phi) is 3.57. The monoisotopic (exact) mass is 303 g/mol. The van der Waals surface area contributed by atoms with Crippen molar-refractivity contribution in [1.29, 1.82) is 0 Å². The third-order valence-electron chi connectivity index (χ3n) is 3.47. The normalized spacial score (nSPS) is 23.1. The summed E-state index contributed by atoms with van der Waals surface area (Å²) in [6.45, 7) is -0.344. The molecule has 0 bridgehead atoms. The van der Waals surface area contributed by atoms with Crippen LogP contribution in [0.5, 0.6) is 0 Å². The number of aliphatic carboxylic acids is 1. The van der Waals surface area contributed by atoms with Crippen molar-refractivity contribution in [2.24, 2.45) is 0 Å². The highest BCUT2D eigenvalue weighted by Crippen LogP contribution is 2.43. The van der Waals surface area contributed by atoms with Gasteiger partial charge in [0.2, 0.25) is 0 Å². The van der Waals surface area contributed by atoms with E-state index in [0.29, 0.717) is 16.9 Å². The summed E-state index contributed by atoms with van der Waals surface area (Å²) in [6.07, 6.45) is 1.79. The Bertz CT molecular complexity index is 666. The van der Waals surface area contributed by atoms with Crippen molar-refractivity contribution in [3.63, 3.8) is 0 Å². The van der Waals surface area contributed by atoms with Gasteiger partial charge in [-0.1, -0.05) is 30.3 Å². The van der Waals surface area contributed by atoms with Gasteiger partial charge in [0.15, 0.2) is 0 Å². The van der Waals surface area contributed by atoms with E-state index in [-0.39, 0.29) is 23.6 Å². The number of hydrogen-bond acceptors (Lipinski definition) is 4. The van der Waals surface area contributed by atoms with Crippen LogP contribution in [0.25, 0.3) is 6.08 Å². The minimum absolute atomic E-state index is 0.0727. The Balaban J connectivity index is 1.94. The molecule has 2 aliphatic rings. The van der Waals surface area contributed by atoms with Crippen molar-refractivity contribution in [2.45, 2.75) is 5.37 Å². The largest absolute Gasteiger partial charge is 0.477 e. The van der Waals surface area contributed by atoms with Crippen LogP contribution >= 0.6 is 11.8 Å². The second-order valence-electron chi connectivity index (χ2n) is 4.76. The first-order valence-electron chi connectivity index (χ1n) is 6.41. The lowest BCUT2D eigenvalue weighted by Crippen LogP contribution is -2.56. The summed E-state index contributed by atoms with van der Waals surface area (Å²) in [4.78, 5) is 24.8. The summed E-state index contributed by atoms with van der Waals surface area (Å²) >= 11 is 1.45. The van der Waals surface area contributed by atoms with E-state index in [1.54, 1.807) is 6.08 Å². The number of nitrogens with zero attached hydrogens (tertiary/aromatic N) is 1. The van der Waals surface area contributed by atoms with E-state index in [1.807, 2.05) is 30.3 Å². The summed E-state index contributed by atoms with van der Waals surface area (Å²) in [5, 5.41) is 18.2. The maximum Gasteiger partial charge on any atom is 0.352 e. The number of carbonyl (C=O) groups excluding carboxylic acids is 1. The van der Waals surface area contributed by atoms with Gasteiger partial charge in [0, 0.05) is 5.75 Å². The molecule has 0 radical (unpaired) electrons. The molecular formula is C15H13NO4S. The average Bonchev–Trinajstić information content (AvgIpc) is 2.51. The number of hydrogen-bond donors (Lipinski definition) is 2. The van der Waals surface area contributed by atoms with Gasteiger partial charge in [0.25, 0.3) is 5.91 Å². The number of carboxylic acid groups (broad SMARTS) is 1. The molecule has 1 aromatic rings. The maximum absolute atomic E-state index is 12.2. The molecule has 2 heterocycles. The van der Waals surface area contributed by atoms with E-state index in [9.17, 15) is 19.8 Å². The quantitative estimate of drug-likeness (QED) is 0.650. The van der Waals surface area contributed by atoms with Gasteiger partial charge >= 0.3 is 5.97 Å². The van der Waals surface area contributed by atoms with Crippen molar-refractivity contribution in [3.05, 3.63) is 52.7 Å². The zero-order valence-electron chi connectivity index (χ0n) is 11.0. The van der Waals surface area contributed by atoms with Gasteiger partial charge in [-0.2, -0.15) is 0 Å². The van der Waals surface area contributed by atoms with Gasteiger partial charge in [-0.15, -0.1) is 11.8 Å². The molecular weight excluding hydrogens is 290 g/mol. The molecule has 108 valence electrons. The third kappa shape index (κ3) is 2.26. The van der Waals surface area contributed by atoms with Crippen LogP contribution in [0.3, 0.4) is 0 Å². The maximum atomic E-state index is 12.2. The van der Waals surface area contributed by atoms with Crippen molar-refractivity contribution in [2.75, 3.05) is 12.4 Å². The number of rotatable bonds is 3. The number of aliphatic hydroxyl groups is 1. The predicted molar refractivity (Wildman–Crippen MR) is 79.3 cm³/mol. The molecule has 0 spiro atoms. The number of fused-ring (bicyclic) bond motifs is 1. The van der Waals surface area contributed by atoms with Crippen LogP contribution < -0.4 is 0 Å². The van der Waals surface area contributed by atoms with Crippen LogP contribution in [0.15, 0.2) is 47.2 Å². The molecule has 3 rings (SSSR count). The number of benzene rings is 1. The molecule has 6 heteroatoms. The van der Waals surface area contributed by atoms with Crippen LogP contribution in [-0.2, 0) is 9.59 Å². The fourth-order valence-corrected chi connectivity index (χ4v) is 3.75. The van der Waals surface area contributed by atoms with Gasteiger partial charge in [-0.05, 0) is 17.2 Å². The van der Waals surface area contributed by atoms with Crippen LogP contribution in [0, 0.1) is 0 Å². The van der Waals surface area contributed by atoms with E-state index < -0.39 is 5.97 Å². The number of β-lactam (4-membered cyclic amide) rings is 1. The highest BCUT2D eigenvalue weighted by molar-refractivity contribution is 8.00. The van der Waals surface area contributed by atoms with Crippen LogP contribution in [0.2, 0.25) is 0 Å². The molecule has 2 aliphatic heterocycles. The molecule has 1 atom stereocenters. The molecule has 0 aromatic heterocycles. The number of thioether (sulfide) groups is 1. The Morgan fingerprint density at radius 2 is 2.10 bits per heavy atom. The van der Waals surface area contributed by atoms with Crippen LogP contribution in [-0.4, -0.2) is 44.7 Å². The number of carbonyl (C=O) groups is 2. The van der Waals surface area contributed by atoms with Gasteiger partial charge < -0.3 is 10.2 Å². The first kappa shape index (κ1) is 13.9. The molecule has 0 aliphatic carbocycles. The summed E-state index contributed by atoms with van der Waals surface area (Å²) in [5.74, 6) is -1.06. The number of amides is 1. The van der Waals surface area contributed by atoms with Gasteiger partial charge in [0.1, 0.15) is 11.1 Å². The van der Waals surface area contributed by atoms with Crippen LogP contribution in [0.1, 0.15) is 5.56 Å². The first-order valence-corrected chi connectivity index (χ1v) is 7.46. The zero-order valence-corrected chi connectivity index (χ0v) is 11.8. The van der Waals surface area contributed by atoms with Crippen molar-refractivity contribution in [3.8, 4) is 0 Å². The molecule has 1 amide bonds. The molecule has 5 nitrogen and oxygen atoms in total. The molecule has 1 aromatic carbocycles. The predicted octanol–water partition coefficient (Wildman–Crippen LogP) is 1.32. The van der Waals surface area contributed by atoms with E-state index >= 15 is 0 Å². The summed E-state index contributed by atoms with van der Waals surface area (Å²) < 4.78 is 0. The number of carboxylic acids is 1. The standard InChI is InChI=1S/C15H13NO4S/c17-7-10-8-21-14-11(6-9-4-2-1-3-5-9)13(18)16(14)12(10)15(19)20/h1-6,14,17H,7-8H2,(H,19,20)/t14-/m1/s1. The van der Waals surface area contributed by atoms with E-state index in [1.165, 1.54) is 16.7 Å². The smallest absolute Gasteiger partial charge is 0.352 e. The molecule has 0 unspecified atom stereocenters. The van der Waals surface area contributed by atoms with Gasteiger partial charge in [-0.25, -0.2) is 4.79 Å². The number of aliphatic hydroxyl groups excluding tert-OH is 1. The Hall–Kier alpha value is -2.05. The molecule has 0 saturated carbocycles. The van der Waals surface area contributed by atoms with Crippen molar-refractivity contribution < 1.29 is 19.8 Å². The van der Waals surface area contributed by atoms with Gasteiger partial charge in [0.05, 0.1) is 12.2 Å². The Labute approximate surface area is 125 Å². The lowest BCUT2D eigenvalue weighted by molar-refractivity contribution is -0.141. The highest BCUT2D eigenvalue weighted by Gasteiger charge is 2.49. The Morgan fingerprint density at radius 1 is 1.38 bits per heavy atom. The summed E-state index contributed by atoms with van der Waals surface area (Å²) in [6, 6.07) is 9.44. The average molecular weight is 303 g/mol. The lowest BCUT2D eigenvalue weighted by Gasteiger charge is -2.45. The fourth-order valence-electron chi connectivity index (χ4n) is 2.46. The minimum Gasteiger partial charge on any atom is -0.477 e. The minimum atomic E-state index is -1.17. The SMILES string of the molecule is O=C(O)C1=C(CO)CS[C@@H]2C(=Cc3ccccc3)C(=O)N12. The van der Waals surface area contributed by atoms with Gasteiger partial charge in [-0.3, -0.25) is 9.69 Å². The first-order chi connectivity index (χ1) is 10.1. The van der Waals surface area contributed by atoms with E-state index in [4.69, 9.17) is 0 Å². The molecule has 21 heavy (non-hydrogen) atoms. The Morgan fingerprint density at radius 3 is 2.71 bits per heavy atom. The third-order valence-corrected chi connectivity index (χ3v) is 4.77. The molecule has 2 N–H and O–H groups in total. The molecule has 1 saturated heterocycles. The summed E-state index contributed by atoms with van der Waals surface area (Å²) in [7, 11) is 0. The van der Waals surface area contributed by atoms with Crippen molar-refractivity contribution in [1.82, 2.24) is 4.90 Å². The van der Waals surface area contributed by atoms with Crippen LogP contribution in [0.4, 0.5) is 0 Å². The van der Waals surface area contributed by atoms with Crippen molar-refractivity contribution >= 4 is 29.7 Å². The fraction of sp³-hybridized carbons (Fsp3) is 0.200. The highest BCUT2D eigenvalue weighted by atomic mass is 32.2. The lowest BCUT2D eigenvalue weighted by atomic mass is 9.99. The second kappa shape index (κ2) is 5.38. The second-order valence-corrected chi connectivity index (χ2v) is 5.83. The zero-order chi connectivity index (χ0) is 15.0. The summed E-state index contributed by atoms with van der Waals surface area (Å²) in [5.41, 5.74) is 1.82.